The minimum absolute atomic E-state index is 0.0840. The molecule has 0 radical (unpaired) electrons. The van der Waals surface area contributed by atoms with E-state index < -0.39 is 0 Å². The van der Waals surface area contributed by atoms with Crippen molar-refractivity contribution in [2.75, 3.05) is 9.80 Å². The zero-order valence-electron chi connectivity index (χ0n) is 41.7. The minimum Gasteiger partial charge on any atom is -0.337 e. The molecule has 3 atom stereocenters. The van der Waals surface area contributed by atoms with Gasteiger partial charge in [-0.1, -0.05) is 183 Å². The molecule has 0 bridgehead atoms. The highest BCUT2D eigenvalue weighted by molar-refractivity contribution is 6.12. The molecule has 0 aliphatic heterocycles. The Morgan fingerprint density at radius 2 is 1.18 bits per heavy atom. The minimum atomic E-state index is 0.0840. The molecule has 9 aromatic carbocycles. The normalized spacial score (nSPS) is 16.9. The second-order valence-electron chi connectivity index (χ2n) is 20.3. The summed E-state index contributed by atoms with van der Waals surface area (Å²) in [5, 5.41) is 11.4. The third-order valence-corrected chi connectivity index (χ3v) is 15.9. The Morgan fingerprint density at radius 1 is 0.527 bits per heavy atom. The van der Waals surface area contributed by atoms with Gasteiger partial charge >= 0.3 is 0 Å². The maximum atomic E-state index is 3.26. The fraction of sp³-hybridized carbons (Fsp3) is 0.114. The smallest absolute Gasteiger partial charge is 0.0590 e. The van der Waals surface area contributed by atoms with Crippen molar-refractivity contribution in [3.8, 4) is 28.7 Å². The van der Waals surface area contributed by atoms with Crippen LogP contribution in [0.4, 0.5) is 22.7 Å². The average Bonchev–Trinajstić information content (AvgIpc) is 3.96. The summed E-state index contributed by atoms with van der Waals surface area (Å²) in [6, 6.07) is 78.5. The van der Waals surface area contributed by atoms with Gasteiger partial charge < -0.3 is 18.9 Å². The molecular formula is C70H54N4. The zero-order chi connectivity index (χ0) is 49.3. The highest BCUT2D eigenvalue weighted by Gasteiger charge is 2.32. The molecule has 0 saturated heterocycles. The van der Waals surface area contributed by atoms with Crippen molar-refractivity contribution in [3.63, 3.8) is 0 Å². The van der Waals surface area contributed by atoms with Crippen molar-refractivity contribution in [1.29, 1.82) is 0 Å². The van der Waals surface area contributed by atoms with E-state index in [9.17, 15) is 0 Å². The number of fused-ring (bicyclic) bond motifs is 8. The Balaban J connectivity index is 0.874. The van der Waals surface area contributed by atoms with Crippen molar-refractivity contribution >= 4 is 95.9 Å². The quantitative estimate of drug-likeness (QED) is 0.134. The predicted octanol–water partition coefficient (Wildman–Crippen LogP) is 14.4. The standard InChI is InChI=1S/C70H54N4/c1-47-32-33-52-19-10-12-26-59(52)70(47)74(68-46-63-61-28-14-16-30-66(61)73(69(63)44-48(68)2)54-23-7-4-8-24-54)56-40-36-50(37-41-56)49-34-38-55(39-35-49)71(64-31-17-20-51-18-9-11-25-58(51)64)57-42-43-67-62(45-57)60-27-13-15-29-65(60)72(67)53-21-5-3-6-22-53/h4,7-20,22-31,33-48,68H,5,21,32H2,1-2H3/t47?,48-,68?/m1/s1. The Bertz CT molecular complexity index is 4380. The summed E-state index contributed by atoms with van der Waals surface area (Å²) >= 11 is 0. The van der Waals surface area contributed by atoms with E-state index in [1.807, 2.05) is 0 Å². The summed E-state index contributed by atoms with van der Waals surface area (Å²) in [5.41, 5.74) is 14.4. The first kappa shape index (κ1) is 43.7. The number of hydrogen-bond acceptors (Lipinski definition) is 2. The first-order valence-electron chi connectivity index (χ1n) is 26.2. The Kier molecular flexibility index (Phi) is 10.6. The van der Waals surface area contributed by atoms with Crippen molar-refractivity contribution in [2.24, 2.45) is 11.8 Å². The molecule has 3 aliphatic carbocycles. The Labute approximate surface area is 431 Å². The van der Waals surface area contributed by atoms with Gasteiger partial charge in [-0.05, 0) is 107 Å². The summed E-state index contributed by atoms with van der Waals surface area (Å²) in [4.78, 5) is 5.11. The number of para-hydroxylation sites is 3. The van der Waals surface area contributed by atoms with Crippen LogP contribution in [0.5, 0.6) is 0 Å². The average molecular weight is 951 g/mol. The lowest BCUT2D eigenvalue weighted by Gasteiger charge is -2.40. The molecule has 11 aromatic rings. The van der Waals surface area contributed by atoms with Gasteiger partial charge in [0.25, 0.3) is 0 Å². The van der Waals surface area contributed by atoms with Crippen molar-refractivity contribution in [1.82, 2.24) is 9.13 Å². The number of hydrogen-bond donors (Lipinski definition) is 0. The van der Waals surface area contributed by atoms with Gasteiger partial charge in [-0.2, -0.15) is 0 Å². The van der Waals surface area contributed by atoms with E-state index in [-0.39, 0.29) is 12.0 Å². The molecule has 0 spiro atoms. The van der Waals surface area contributed by atoms with Crippen LogP contribution in [-0.4, -0.2) is 15.2 Å². The molecule has 0 fully saturated rings. The Hall–Kier alpha value is -9.04. The summed E-state index contributed by atoms with van der Waals surface area (Å²) < 4.78 is 4.87. The van der Waals surface area contributed by atoms with Crippen LogP contribution in [0.15, 0.2) is 218 Å². The molecular weight excluding hydrogens is 897 g/mol. The van der Waals surface area contributed by atoms with Crippen molar-refractivity contribution in [2.45, 2.75) is 39.2 Å². The number of allylic oxidation sites excluding steroid dienone is 2. The van der Waals surface area contributed by atoms with E-state index in [4.69, 9.17) is 0 Å². The zero-order valence-corrected chi connectivity index (χ0v) is 41.7. The predicted molar refractivity (Wildman–Crippen MR) is 313 cm³/mol. The van der Waals surface area contributed by atoms with Gasteiger partial charge in [0, 0.05) is 90.5 Å². The fourth-order valence-corrected chi connectivity index (χ4v) is 12.4. The molecule has 2 aromatic heterocycles. The molecule has 0 saturated carbocycles. The maximum Gasteiger partial charge on any atom is 0.0590 e. The van der Waals surface area contributed by atoms with E-state index in [1.165, 1.54) is 98.4 Å². The van der Waals surface area contributed by atoms with Gasteiger partial charge in [-0.3, -0.25) is 0 Å². The van der Waals surface area contributed by atoms with Crippen LogP contribution in [0, 0.1) is 23.7 Å². The third kappa shape index (κ3) is 7.22. The van der Waals surface area contributed by atoms with Crippen LogP contribution in [0.1, 0.15) is 33.1 Å². The van der Waals surface area contributed by atoms with E-state index >= 15 is 0 Å². The summed E-state index contributed by atoms with van der Waals surface area (Å²) in [6.45, 7) is 4.80. The van der Waals surface area contributed by atoms with Crippen LogP contribution < -0.4 is 30.8 Å². The molecule has 4 nitrogen and oxygen atoms in total. The topological polar surface area (TPSA) is 16.3 Å². The van der Waals surface area contributed by atoms with Gasteiger partial charge in [0.2, 0.25) is 0 Å². The summed E-state index contributed by atoms with van der Waals surface area (Å²) in [5.74, 6) is 7.07. The molecule has 3 aliphatic rings. The second-order valence-corrected chi connectivity index (χ2v) is 20.3. The lowest BCUT2D eigenvalue weighted by molar-refractivity contribution is 0.627. The fourth-order valence-electron chi connectivity index (χ4n) is 12.4. The summed E-state index contributed by atoms with van der Waals surface area (Å²) in [6.07, 6.45) is 12.4. The largest absolute Gasteiger partial charge is 0.337 e. The molecule has 354 valence electrons. The van der Waals surface area contributed by atoms with Crippen molar-refractivity contribution in [3.05, 3.63) is 239 Å². The van der Waals surface area contributed by atoms with Crippen LogP contribution >= 0.6 is 0 Å². The van der Waals surface area contributed by atoms with Crippen molar-refractivity contribution < 1.29 is 0 Å². The SMILES string of the molecule is CC1CC=c2ccccc2=C1N(c1ccc(-c2ccc(N(c3ccc4c(c3)c3ccccc3n4C3=CC#CCC3)c3cccc4ccccc34)cc2)cc1)C1C=c2c(n(-c3ccccc3)c3ccccc23)=C[C@H]1C. The van der Waals surface area contributed by atoms with E-state index in [1.54, 1.807) is 0 Å². The van der Waals surface area contributed by atoms with Gasteiger partial charge in [0.15, 0.2) is 0 Å². The molecule has 0 amide bonds. The van der Waals surface area contributed by atoms with Crippen LogP contribution in [0.3, 0.4) is 0 Å². The lowest BCUT2D eigenvalue weighted by atomic mass is 9.88. The number of nitrogens with zero attached hydrogens (tertiary/aromatic N) is 4. The third-order valence-electron chi connectivity index (χ3n) is 15.9. The number of rotatable bonds is 9. The summed E-state index contributed by atoms with van der Waals surface area (Å²) in [7, 11) is 0. The van der Waals surface area contributed by atoms with E-state index in [0.29, 0.717) is 5.92 Å². The van der Waals surface area contributed by atoms with E-state index in [0.717, 1.165) is 36.3 Å². The lowest BCUT2D eigenvalue weighted by Crippen LogP contribution is -2.48. The van der Waals surface area contributed by atoms with Crippen LogP contribution in [0.25, 0.3) is 89.9 Å². The monoisotopic (exact) mass is 950 g/mol. The molecule has 14 rings (SSSR count). The van der Waals surface area contributed by atoms with Crippen LogP contribution in [-0.2, 0) is 0 Å². The first-order chi connectivity index (χ1) is 36.6. The highest BCUT2D eigenvalue weighted by Crippen LogP contribution is 2.43. The second kappa shape index (κ2) is 17.9. The molecule has 2 heterocycles. The van der Waals surface area contributed by atoms with Gasteiger partial charge in [0.1, 0.15) is 0 Å². The first-order valence-corrected chi connectivity index (χ1v) is 26.2. The molecule has 4 heteroatoms. The number of benzene rings is 9. The molecule has 2 unspecified atom stereocenters. The number of aromatic nitrogens is 2. The Morgan fingerprint density at radius 3 is 1.96 bits per heavy atom. The van der Waals surface area contributed by atoms with Gasteiger partial charge in [-0.25, -0.2) is 0 Å². The maximum absolute atomic E-state index is 3.26. The van der Waals surface area contributed by atoms with Gasteiger partial charge in [-0.15, -0.1) is 0 Å². The highest BCUT2D eigenvalue weighted by atomic mass is 15.2. The van der Waals surface area contributed by atoms with Crippen LogP contribution in [0.2, 0.25) is 0 Å². The van der Waals surface area contributed by atoms with Gasteiger partial charge in [0.05, 0.1) is 33.6 Å². The molecule has 74 heavy (non-hydrogen) atoms. The van der Waals surface area contributed by atoms with E-state index in [2.05, 4.69) is 281 Å². The molecule has 0 N–H and O–H groups in total. The number of anilines is 4.